The number of hydrogen-bond acceptors (Lipinski definition) is 9. The molecular weight excluding hydrogens is 699 g/mol. The zero-order valence-electron chi connectivity index (χ0n) is 33.0. The molecule has 3 amide bonds. The van der Waals surface area contributed by atoms with Gasteiger partial charge in [-0.25, -0.2) is 0 Å². The van der Waals surface area contributed by atoms with Crippen molar-refractivity contribution in [3.8, 4) is 16.9 Å². The normalized spacial score (nSPS) is 26.7. The molecule has 3 saturated carbocycles. The summed E-state index contributed by atoms with van der Waals surface area (Å²) in [6.07, 6.45) is 0.628. The standard InChI is InChI=1S/C43H57N5O7/c1-24-33-20-30(43(33,3)4)21-34(24)45-42(53)38-37(25(2)50)36(23-49)55-48(38)22-27-14-11-15-32(39(27)54-7)28-17-29(19-31(18-28)47(5)6)41(52)46-35(40(44)51)16-26-12-9-8-10-13-26/h8-15,17-19,24-25,30,33-38,49-50H,16,20-23H2,1-7H3,(H2,44,51)(H,45,53)(H,46,52)/t24-,25-,30+,33-,34-,35-,36-,37+,38-/m0/s1. The number of rotatable bonds is 14. The predicted octanol–water partition coefficient (Wildman–Crippen LogP) is 3.92. The highest BCUT2D eigenvalue weighted by molar-refractivity contribution is 5.99. The van der Waals surface area contributed by atoms with Crippen molar-refractivity contribution in [2.24, 2.45) is 34.8 Å². The van der Waals surface area contributed by atoms with Crippen LogP contribution >= 0.6 is 0 Å². The Labute approximate surface area is 324 Å². The van der Waals surface area contributed by atoms with Gasteiger partial charge in [-0.2, -0.15) is 5.06 Å². The van der Waals surface area contributed by atoms with Crippen molar-refractivity contribution in [1.29, 1.82) is 0 Å². The molecule has 4 fully saturated rings. The molecule has 1 aliphatic heterocycles. The lowest BCUT2D eigenvalue weighted by Crippen LogP contribution is -2.62. The number of nitrogens with zero attached hydrogens (tertiary/aromatic N) is 2. The first kappa shape index (κ1) is 40.2. The molecule has 6 N–H and O–H groups in total. The fourth-order valence-corrected chi connectivity index (χ4v) is 9.30. The zero-order chi connectivity index (χ0) is 39.8. The molecule has 9 atom stereocenters. The monoisotopic (exact) mass is 755 g/mol. The van der Waals surface area contributed by atoms with E-state index in [0.717, 1.165) is 17.7 Å². The van der Waals surface area contributed by atoms with Crippen molar-refractivity contribution in [2.75, 3.05) is 32.7 Å². The number of fused-ring (bicyclic) bond motifs is 2. The Bertz CT molecular complexity index is 1870. The van der Waals surface area contributed by atoms with Gasteiger partial charge in [0, 0.05) is 54.9 Å². The van der Waals surface area contributed by atoms with Gasteiger partial charge in [0.05, 0.1) is 26.4 Å². The van der Waals surface area contributed by atoms with Crippen LogP contribution in [0.5, 0.6) is 5.75 Å². The van der Waals surface area contributed by atoms with E-state index in [1.165, 1.54) is 6.42 Å². The number of nitrogens with two attached hydrogens (primary N) is 1. The summed E-state index contributed by atoms with van der Waals surface area (Å²) in [7, 11) is 5.31. The number of amides is 3. The average molecular weight is 756 g/mol. The molecule has 1 heterocycles. The smallest absolute Gasteiger partial charge is 0.252 e. The third-order valence-electron chi connectivity index (χ3n) is 12.6. The van der Waals surface area contributed by atoms with Gasteiger partial charge in [0.15, 0.2) is 0 Å². The largest absolute Gasteiger partial charge is 0.496 e. The van der Waals surface area contributed by atoms with E-state index in [2.05, 4.69) is 31.4 Å². The van der Waals surface area contributed by atoms with E-state index in [1.807, 2.05) is 73.6 Å². The van der Waals surface area contributed by atoms with Crippen molar-refractivity contribution >= 4 is 23.4 Å². The first-order valence-electron chi connectivity index (χ1n) is 19.3. The number of aliphatic hydroxyl groups excluding tert-OH is 2. The maximum atomic E-state index is 14.3. The lowest BCUT2D eigenvalue weighted by Gasteiger charge is -2.62. The zero-order valence-corrected chi connectivity index (χ0v) is 33.0. The minimum Gasteiger partial charge on any atom is -0.496 e. The number of anilines is 1. The lowest BCUT2D eigenvalue weighted by molar-refractivity contribution is -0.183. The molecule has 4 aliphatic rings. The van der Waals surface area contributed by atoms with Gasteiger partial charge in [-0.1, -0.05) is 69.3 Å². The number of primary amides is 1. The van der Waals surface area contributed by atoms with Crippen LogP contribution < -0.4 is 26.0 Å². The van der Waals surface area contributed by atoms with Crippen LogP contribution in [-0.2, 0) is 27.4 Å². The molecular formula is C43H57N5O7. The molecule has 0 aromatic heterocycles. The Morgan fingerprint density at radius 1 is 1.07 bits per heavy atom. The Balaban J connectivity index is 1.29. The van der Waals surface area contributed by atoms with Gasteiger partial charge in [0.2, 0.25) is 11.8 Å². The summed E-state index contributed by atoms with van der Waals surface area (Å²) in [5, 5.41) is 29.0. The van der Waals surface area contributed by atoms with Gasteiger partial charge in [-0.3, -0.25) is 19.2 Å². The van der Waals surface area contributed by atoms with E-state index in [1.54, 1.807) is 31.2 Å². The third-order valence-corrected chi connectivity index (χ3v) is 12.6. The topological polar surface area (TPSA) is 167 Å². The summed E-state index contributed by atoms with van der Waals surface area (Å²) >= 11 is 0. The number of ether oxygens (including phenoxy) is 1. The fourth-order valence-electron chi connectivity index (χ4n) is 9.30. The first-order chi connectivity index (χ1) is 26.1. The Hall–Kier alpha value is -4.49. The van der Waals surface area contributed by atoms with Crippen LogP contribution in [0.15, 0.2) is 66.7 Å². The number of nitrogens with one attached hydrogen (secondary N) is 2. The van der Waals surface area contributed by atoms with Crippen LogP contribution in [0.2, 0.25) is 0 Å². The van der Waals surface area contributed by atoms with Crippen molar-refractivity contribution in [1.82, 2.24) is 15.7 Å². The number of carbonyl (C=O) groups excluding carboxylic acids is 3. The number of hydroxylamine groups is 2. The van der Waals surface area contributed by atoms with E-state index in [-0.39, 0.29) is 36.9 Å². The molecule has 7 rings (SSSR count). The van der Waals surface area contributed by atoms with Gasteiger partial charge in [-0.15, -0.1) is 0 Å². The molecule has 3 aliphatic carbocycles. The van der Waals surface area contributed by atoms with Gasteiger partial charge in [-0.05, 0) is 72.3 Å². The number of hydrogen-bond donors (Lipinski definition) is 5. The fraction of sp³-hybridized carbons (Fsp3) is 0.512. The second kappa shape index (κ2) is 16.3. The Morgan fingerprint density at radius 3 is 2.40 bits per heavy atom. The van der Waals surface area contributed by atoms with Crippen molar-refractivity contribution in [3.05, 3.63) is 83.4 Å². The van der Waals surface area contributed by atoms with Crippen LogP contribution in [0.1, 0.15) is 62.0 Å². The highest BCUT2D eigenvalue weighted by Gasteiger charge is 2.57. The summed E-state index contributed by atoms with van der Waals surface area (Å²) in [6, 6.07) is 18.7. The molecule has 0 unspecified atom stereocenters. The van der Waals surface area contributed by atoms with Gasteiger partial charge >= 0.3 is 0 Å². The summed E-state index contributed by atoms with van der Waals surface area (Å²) in [6.45, 7) is 8.24. The predicted molar refractivity (Wildman–Crippen MR) is 211 cm³/mol. The lowest BCUT2D eigenvalue weighted by atomic mass is 9.45. The molecule has 55 heavy (non-hydrogen) atoms. The summed E-state index contributed by atoms with van der Waals surface area (Å²) < 4.78 is 6.04. The Morgan fingerprint density at radius 2 is 1.80 bits per heavy atom. The quantitative estimate of drug-likeness (QED) is 0.164. The average Bonchev–Trinajstić information content (AvgIpc) is 3.53. The third kappa shape index (κ3) is 8.09. The molecule has 0 radical (unpaired) electrons. The van der Waals surface area contributed by atoms with Gasteiger partial charge in [0.1, 0.15) is 23.9 Å². The maximum absolute atomic E-state index is 14.3. The summed E-state index contributed by atoms with van der Waals surface area (Å²) in [5.41, 5.74) is 10.0. The second-order valence-corrected chi connectivity index (χ2v) is 16.5. The second-order valence-electron chi connectivity index (χ2n) is 16.5. The summed E-state index contributed by atoms with van der Waals surface area (Å²) in [4.78, 5) is 48.6. The van der Waals surface area contributed by atoms with Crippen LogP contribution in [0.3, 0.4) is 0 Å². The van der Waals surface area contributed by atoms with E-state index in [0.29, 0.717) is 45.8 Å². The number of methoxy groups -OCH3 is 1. The summed E-state index contributed by atoms with van der Waals surface area (Å²) in [5.74, 6) is -0.0867. The van der Waals surface area contributed by atoms with Crippen molar-refractivity contribution < 1.29 is 34.2 Å². The van der Waals surface area contributed by atoms with E-state index in [9.17, 15) is 24.6 Å². The highest BCUT2D eigenvalue weighted by Crippen LogP contribution is 2.61. The van der Waals surface area contributed by atoms with Crippen LogP contribution in [-0.4, -0.2) is 91.1 Å². The first-order valence-corrected chi connectivity index (χ1v) is 19.3. The molecule has 1 saturated heterocycles. The van der Waals surface area contributed by atoms with Crippen LogP contribution in [0.4, 0.5) is 5.69 Å². The number of aliphatic hydroxyl groups is 2. The van der Waals surface area contributed by atoms with E-state index >= 15 is 0 Å². The van der Waals surface area contributed by atoms with Crippen LogP contribution in [0.25, 0.3) is 11.1 Å². The number of benzene rings is 3. The number of para-hydroxylation sites is 1. The van der Waals surface area contributed by atoms with Crippen molar-refractivity contribution in [2.45, 2.75) is 83.8 Å². The molecule has 12 heteroatoms. The SMILES string of the molecule is COc1c(CN2O[C@@H](CO)[C@@H]([C@H](C)O)[C@H]2C(=O)N[C@H]2C[C@H]3C[C@@H]([C@@H]2C)C3(C)C)cccc1-c1cc(C(=O)N[C@@H](Cc2ccccc2)C(N)=O)cc(N(C)C)c1. The Kier molecular flexibility index (Phi) is 11.9. The molecule has 296 valence electrons. The molecule has 12 nitrogen and oxygen atoms in total. The molecule has 3 aromatic rings. The number of carbonyl (C=O) groups is 3. The molecule has 3 aromatic carbocycles. The van der Waals surface area contributed by atoms with E-state index in [4.69, 9.17) is 15.3 Å². The van der Waals surface area contributed by atoms with E-state index < -0.39 is 42.0 Å². The maximum Gasteiger partial charge on any atom is 0.252 e. The van der Waals surface area contributed by atoms with Gasteiger partial charge < -0.3 is 36.2 Å². The van der Waals surface area contributed by atoms with Crippen molar-refractivity contribution in [3.63, 3.8) is 0 Å². The molecule has 0 spiro atoms. The highest BCUT2D eigenvalue weighted by atomic mass is 16.7. The minimum atomic E-state index is -0.928. The molecule has 2 bridgehead atoms. The van der Waals surface area contributed by atoms with Crippen LogP contribution in [0, 0.1) is 29.1 Å². The van der Waals surface area contributed by atoms with Gasteiger partial charge in [0.25, 0.3) is 5.91 Å². The minimum absolute atomic E-state index is 0.0128.